The van der Waals surface area contributed by atoms with E-state index in [0.29, 0.717) is 6.61 Å². The van der Waals surface area contributed by atoms with Gasteiger partial charge in [-0.25, -0.2) is 0 Å². The van der Waals surface area contributed by atoms with Gasteiger partial charge in [-0.2, -0.15) is 0 Å². The van der Waals surface area contributed by atoms with E-state index in [1.165, 1.54) is 0 Å². The molecule has 0 amide bonds. The summed E-state index contributed by atoms with van der Waals surface area (Å²) >= 11 is 0. The first-order valence-corrected chi connectivity index (χ1v) is 5.61. The molecule has 86 valence electrons. The smallest absolute Gasteiger partial charge is 0.138 e. The van der Waals surface area contributed by atoms with Crippen LogP contribution in [0.4, 0.5) is 0 Å². The van der Waals surface area contributed by atoms with Gasteiger partial charge in [0.05, 0.1) is 18.8 Å². The van der Waals surface area contributed by atoms with E-state index in [2.05, 4.69) is 23.7 Å². The molecular formula is C13H18N2O. The Labute approximate surface area is 97.0 Å². The molecule has 0 spiro atoms. The molecular weight excluding hydrogens is 200 g/mol. The molecule has 0 aromatic carbocycles. The average molecular weight is 218 g/mol. The number of nitrogens with two attached hydrogens (primary N) is 1. The Hall–Kier alpha value is -1.53. The molecule has 1 heterocycles. The number of hydrogen-bond acceptors (Lipinski definition) is 3. The molecule has 1 aromatic rings. The van der Waals surface area contributed by atoms with Gasteiger partial charge in [0.2, 0.25) is 0 Å². The maximum Gasteiger partial charge on any atom is 0.138 e. The molecule has 2 N–H and O–H groups in total. The summed E-state index contributed by atoms with van der Waals surface area (Å²) < 4.78 is 5.34. The second kappa shape index (κ2) is 6.86. The monoisotopic (exact) mass is 218 g/mol. The van der Waals surface area contributed by atoms with Crippen molar-refractivity contribution in [1.82, 2.24) is 4.98 Å². The topological polar surface area (TPSA) is 48.1 Å². The first-order chi connectivity index (χ1) is 7.76. The van der Waals surface area contributed by atoms with E-state index in [-0.39, 0.29) is 6.04 Å². The lowest BCUT2D eigenvalue weighted by Crippen LogP contribution is -2.16. The summed E-state index contributed by atoms with van der Waals surface area (Å²) in [5.74, 6) is 6.76. The fourth-order valence-corrected chi connectivity index (χ4v) is 1.29. The van der Waals surface area contributed by atoms with Crippen LogP contribution in [0.2, 0.25) is 0 Å². The maximum atomic E-state index is 5.80. The van der Waals surface area contributed by atoms with Crippen LogP contribution >= 0.6 is 0 Å². The van der Waals surface area contributed by atoms with Crippen molar-refractivity contribution in [3.05, 3.63) is 24.0 Å². The highest BCUT2D eigenvalue weighted by molar-refractivity contribution is 5.37. The fraction of sp³-hybridized carbons (Fsp3) is 0.462. The predicted octanol–water partition coefficient (Wildman–Crippen LogP) is 1.96. The highest BCUT2D eigenvalue weighted by Gasteiger charge is 1.96. The van der Waals surface area contributed by atoms with Gasteiger partial charge in [0, 0.05) is 11.8 Å². The van der Waals surface area contributed by atoms with E-state index >= 15 is 0 Å². The number of nitrogens with zero attached hydrogens (tertiary/aromatic N) is 1. The minimum atomic E-state index is -0.0549. The SMILES string of the molecule is CCCC(N)C#Cc1cncc(OCC)c1. The quantitative estimate of drug-likeness (QED) is 0.786. The summed E-state index contributed by atoms with van der Waals surface area (Å²) in [7, 11) is 0. The van der Waals surface area contributed by atoms with Crippen molar-refractivity contribution in [2.45, 2.75) is 32.7 Å². The molecule has 0 saturated heterocycles. The second-order valence-corrected chi connectivity index (χ2v) is 3.51. The van der Waals surface area contributed by atoms with Crippen LogP contribution in [-0.4, -0.2) is 17.6 Å². The van der Waals surface area contributed by atoms with Gasteiger partial charge in [-0.15, -0.1) is 0 Å². The number of ether oxygens (including phenoxy) is 1. The zero-order valence-electron chi connectivity index (χ0n) is 9.86. The van der Waals surface area contributed by atoms with Gasteiger partial charge in [0.25, 0.3) is 0 Å². The lowest BCUT2D eigenvalue weighted by atomic mass is 10.2. The molecule has 3 heteroatoms. The summed E-state index contributed by atoms with van der Waals surface area (Å²) in [6.07, 6.45) is 5.37. The average Bonchev–Trinajstić information content (AvgIpc) is 2.28. The Balaban J connectivity index is 2.69. The van der Waals surface area contributed by atoms with Gasteiger partial charge in [0.15, 0.2) is 0 Å². The van der Waals surface area contributed by atoms with Crippen molar-refractivity contribution >= 4 is 0 Å². The molecule has 0 aliphatic rings. The summed E-state index contributed by atoms with van der Waals surface area (Å²) in [6.45, 7) is 4.67. The maximum absolute atomic E-state index is 5.80. The Morgan fingerprint density at radius 2 is 2.25 bits per heavy atom. The van der Waals surface area contributed by atoms with Crippen LogP contribution in [0.15, 0.2) is 18.5 Å². The minimum Gasteiger partial charge on any atom is -0.492 e. The minimum absolute atomic E-state index is 0.0549. The molecule has 0 radical (unpaired) electrons. The lowest BCUT2D eigenvalue weighted by Gasteiger charge is -2.02. The molecule has 3 nitrogen and oxygen atoms in total. The van der Waals surface area contributed by atoms with Crippen LogP contribution in [0.25, 0.3) is 0 Å². The highest BCUT2D eigenvalue weighted by atomic mass is 16.5. The van der Waals surface area contributed by atoms with Gasteiger partial charge >= 0.3 is 0 Å². The zero-order chi connectivity index (χ0) is 11.8. The molecule has 1 unspecified atom stereocenters. The normalized spacial score (nSPS) is 11.4. The second-order valence-electron chi connectivity index (χ2n) is 3.51. The summed E-state index contributed by atoms with van der Waals surface area (Å²) in [4.78, 5) is 4.06. The van der Waals surface area contributed by atoms with Crippen molar-refractivity contribution in [3.8, 4) is 17.6 Å². The third kappa shape index (κ3) is 4.33. The number of aromatic nitrogens is 1. The number of rotatable bonds is 4. The van der Waals surface area contributed by atoms with E-state index < -0.39 is 0 Å². The number of pyridine rings is 1. The molecule has 0 aliphatic carbocycles. The van der Waals surface area contributed by atoms with E-state index in [1.807, 2.05) is 13.0 Å². The molecule has 1 atom stereocenters. The molecule has 0 fully saturated rings. The Kier molecular flexibility index (Phi) is 5.38. The van der Waals surface area contributed by atoms with Gasteiger partial charge < -0.3 is 10.5 Å². The van der Waals surface area contributed by atoms with Gasteiger partial charge in [-0.05, 0) is 19.4 Å². The van der Waals surface area contributed by atoms with Crippen molar-refractivity contribution < 1.29 is 4.74 Å². The van der Waals surface area contributed by atoms with Crippen LogP contribution in [0, 0.1) is 11.8 Å². The molecule has 0 bridgehead atoms. The third-order valence-corrected chi connectivity index (χ3v) is 2.03. The van der Waals surface area contributed by atoms with Crippen molar-refractivity contribution in [1.29, 1.82) is 0 Å². The van der Waals surface area contributed by atoms with E-state index in [1.54, 1.807) is 12.4 Å². The van der Waals surface area contributed by atoms with Crippen molar-refractivity contribution in [3.63, 3.8) is 0 Å². The first-order valence-electron chi connectivity index (χ1n) is 5.61. The van der Waals surface area contributed by atoms with Crippen LogP contribution in [-0.2, 0) is 0 Å². The number of hydrogen-bond donors (Lipinski definition) is 1. The largest absolute Gasteiger partial charge is 0.492 e. The molecule has 1 aromatic heterocycles. The van der Waals surface area contributed by atoms with Crippen LogP contribution < -0.4 is 10.5 Å². The first kappa shape index (κ1) is 12.5. The molecule has 0 aliphatic heterocycles. The van der Waals surface area contributed by atoms with Crippen molar-refractivity contribution in [2.24, 2.45) is 5.73 Å². The van der Waals surface area contributed by atoms with E-state index in [4.69, 9.17) is 10.5 Å². The van der Waals surface area contributed by atoms with E-state index in [0.717, 1.165) is 24.2 Å². The summed E-state index contributed by atoms with van der Waals surface area (Å²) in [5, 5.41) is 0. The van der Waals surface area contributed by atoms with Crippen LogP contribution in [0.3, 0.4) is 0 Å². The van der Waals surface area contributed by atoms with Crippen LogP contribution in [0.1, 0.15) is 32.3 Å². The highest BCUT2D eigenvalue weighted by Crippen LogP contribution is 2.09. The van der Waals surface area contributed by atoms with Crippen LogP contribution in [0.5, 0.6) is 5.75 Å². The fourth-order valence-electron chi connectivity index (χ4n) is 1.29. The van der Waals surface area contributed by atoms with E-state index in [9.17, 15) is 0 Å². The Morgan fingerprint density at radius 1 is 1.44 bits per heavy atom. The van der Waals surface area contributed by atoms with Crippen molar-refractivity contribution in [2.75, 3.05) is 6.61 Å². The summed E-state index contributed by atoms with van der Waals surface area (Å²) in [6, 6.07) is 1.82. The Morgan fingerprint density at radius 3 is 2.94 bits per heavy atom. The standard InChI is InChI=1S/C13H18N2O/c1-3-5-12(14)7-6-11-8-13(16-4-2)10-15-9-11/h8-10,12H,3-5,14H2,1-2H3. The van der Waals surface area contributed by atoms with Gasteiger partial charge in [-0.3, -0.25) is 4.98 Å². The Bertz CT molecular complexity index is 379. The molecule has 16 heavy (non-hydrogen) atoms. The molecule has 0 saturated carbocycles. The molecule has 1 rings (SSSR count). The van der Waals surface area contributed by atoms with Gasteiger partial charge in [0.1, 0.15) is 5.75 Å². The predicted molar refractivity (Wildman–Crippen MR) is 65.2 cm³/mol. The zero-order valence-corrected chi connectivity index (χ0v) is 9.86. The lowest BCUT2D eigenvalue weighted by molar-refractivity contribution is 0.339. The summed E-state index contributed by atoms with van der Waals surface area (Å²) in [5.41, 5.74) is 6.65. The van der Waals surface area contributed by atoms with Gasteiger partial charge in [-0.1, -0.05) is 25.2 Å². The third-order valence-electron chi connectivity index (χ3n) is 2.03.